The number of carbonyl (C=O) groups excluding carboxylic acids is 2. The summed E-state index contributed by atoms with van der Waals surface area (Å²) in [5.41, 5.74) is 0. The molecule has 0 aliphatic carbocycles. The fourth-order valence-corrected chi connectivity index (χ4v) is 1.88. The van der Waals surface area contributed by atoms with Crippen LogP contribution in [0.1, 0.15) is 25.6 Å². The molecule has 0 unspecified atom stereocenters. The molecule has 1 heterocycles. The molecule has 0 bridgehead atoms. The highest BCUT2D eigenvalue weighted by atomic mass is 16.2. The van der Waals surface area contributed by atoms with E-state index < -0.39 is 0 Å². The third kappa shape index (κ3) is 4.39. The van der Waals surface area contributed by atoms with Crippen molar-refractivity contribution in [3.63, 3.8) is 0 Å². The van der Waals surface area contributed by atoms with Crippen molar-refractivity contribution >= 4 is 11.8 Å². The van der Waals surface area contributed by atoms with E-state index in [2.05, 4.69) is 17.6 Å². The Labute approximate surface area is 113 Å². The van der Waals surface area contributed by atoms with Crippen LogP contribution in [0.3, 0.4) is 0 Å². The molecule has 106 valence electrons. The van der Waals surface area contributed by atoms with E-state index in [-0.39, 0.29) is 24.9 Å². The van der Waals surface area contributed by atoms with Crippen LogP contribution in [0.2, 0.25) is 0 Å². The first-order valence-electron chi connectivity index (χ1n) is 6.61. The van der Waals surface area contributed by atoms with Crippen LogP contribution in [-0.4, -0.2) is 30.5 Å². The fourth-order valence-electron chi connectivity index (χ4n) is 1.88. The zero-order valence-corrected chi connectivity index (χ0v) is 11.9. The molecule has 0 atom stereocenters. The van der Waals surface area contributed by atoms with Crippen molar-refractivity contribution in [3.05, 3.63) is 18.2 Å². The van der Waals surface area contributed by atoms with Gasteiger partial charge >= 0.3 is 0 Å². The molecule has 0 radical (unpaired) electrons. The molecule has 1 rings (SSSR count). The van der Waals surface area contributed by atoms with Gasteiger partial charge in [-0.2, -0.15) is 0 Å². The van der Waals surface area contributed by atoms with Crippen molar-refractivity contribution in [2.75, 3.05) is 14.1 Å². The molecule has 6 heteroatoms. The standard InChI is InChI=1S/C13H22N4O2/c1-4-5-6-13-16(9-11(18)14-2)7-8-17(13)10-12(19)15-3/h7-8H,4-6,9-10H2,1-3H3,(H-,14,15,18,19)/p+1. The number of hydrogen-bond donors (Lipinski definition) is 2. The summed E-state index contributed by atoms with van der Waals surface area (Å²) in [5, 5.41) is 5.22. The maximum absolute atomic E-state index is 11.5. The van der Waals surface area contributed by atoms with Gasteiger partial charge in [-0.05, 0) is 6.42 Å². The predicted molar refractivity (Wildman–Crippen MR) is 71.4 cm³/mol. The highest BCUT2D eigenvalue weighted by molar-refractivity contribution is 5.75. The van der Waals surface area contributed by atoms with Gasteiger partial charge < -0.3 is 10.6 Å². The molecule has 6 nitrogen and oxygen atoms in total. The van der Waals surface area contributed by atoms with E-state index in [4.69, 9.17) is 0 Å². The molecular formula is C13H23N4O2+. The number of nitrogens with one attached hydrogen (secondary N) is 2. The average Bonchev–Trinajstić information content (AvgIpc) is 2.78. The number of nitrogens with zero attached hydrogens (tertiary/aromatic N) is 2. The van der Waals surface area contributed by atoms with E-state index in [9.17, 15) is 9.59 Å². The monoisotopic (exact) mass is 267 g/mol. The van der Waals surface area contributed by atoms with E-state index in [1.54, 1.807) is 14.1 Å². The molecule has 19 heavy (non-hydrogen) atoms. The molecule has 2 amide bonds. The molecule has 0 saturated heterocycles. The number of aromatic nitrogens is 2. The van der Waals surface area contributed by atoms with Gasteiger partial charge in [-0.3, -0.25) is 9.59 Å². The second-order valence-electron chi connectivity index (χ2n) is 4.42. The fraction of sp³-hybridized carbons (Fsp3) is 0.615. The SMILES string of the molecule is CCCCc1n(CC(=O)NC)cc[n+]1CC(=O)NC. The lowest BCUT2D eigenvalue weighted by Crippen LogP contribution is -2.44. The van der Waals surface area contributed by atoms with Crippen LogP contribution in [0.15, 0.2) is 12.4 Å². The minimum absolute atomic E-state index is 0.0413. The molecule has 1 aromatic rings. The van der Waals surface area contributed by atoms with Gasteiger partial charge in [0.1, 0.15) is 12.4 Å². The van der Waals surface area contributed by atoms with E-state index in [1.807, 2.05) is 21.5 Å². The number of amides is 2. The van der Waals surface area contributed by atoms with Crippen molar-refractivity contribution in [2.24, 2.45) is 0 Å². The Balaban J connectivity index is 2.90. The van der Waals surface area contributed by atoms with Gasteiger partial charge in [0.05, 0.1) is 0 Å². The Hall–Kier alpha value is -1.85. The second-order valence-corrected chi connectivity index (χ2v) is 4.42. The number of likely N-dealkylation sites (N-methyl/N-ethyl adjacent to an activating group) is 2. The molecule has 1 aromatic heterocycles. The van der Waals surface area contributed by atoms with E-state index in [0.29, 0.717) is 0 Å². The van der Waals surface area contributed by atoms with Crippen molar-refractivity contribution in [2.45, 2.75) is 39.3 Å². The van der Waals surface area contributed by atoms with Gasteiger partial charge in [-0.15, -0.1) is 0 Å². The Kier molecular flexibility index (Phi) is 6.05. The van der Waals surface area contributed by atoms with Crippen molar-refractivity contribution in [1.82, 2.24) is 15.2 Å². The molecule has 0 aromatic carbocycles. The third-order valence-corrected chi connectivity index (χ3v) is 3.03. The topological polar surface area (TPSA) is 67.0 Å². The molecule has 0 fully saturated rings. The van der Waals surface area contributed by atoms with Crippen LogP contribution >= 0.6 is 0 Å². The van der Waals surface area contributed by atoms with Crippen molar-refractivity contribution in [3.8, 4) is 0 Å². The number of carbonyl (C=O) groups is 2. The van der Waals surface area contributed by atoms with Crippen molar-refractivity contribution < 1.29 is 14.2 Å². The quantitative estimate of drug-likeness (QED) is 0.661. The van der Waals surface area contributed by atoms with Crippen LogP contribution in [0.25, 0.3) is 0 Å². The maximum Gasteiger partial charge on any atom is 0.262 e. The third-order valence-electron chi connectivity index (χ3n) is 3.03. The summed E-state index contributed by atoms with van der Waals surface area (Å²) >= 11 is 0. The number of unbranched alkanes of at least 4 members (excludes halogenated alkanes) is 1. The summed E-state index contributed by atoms with van der Waals surface area (Å²) in [6.07, 6.45) is 6.67. The minimum atomic E-state index is -0.0413. The number of hydrogen-bond acceptors (Lipinski definition) is 2. The van der Waals surface area contributed by atoms with Crippen LogP contribution in [0.5, 0.6) is 0 Å². The first-order valence-corrected chi connectivity index (χ1v) is 6.61. The molecule has 0 saturated carbocycles. The molecule has 0 aliphatic rings. The normalized spacial score (nSPS) is 10.3. The van der Waals surface area contributed by atoms with Gasteiger partial charge in [0, 0.05) is 20.5 Å². The summed E-state index contributed by atoms with van der Waals surface area (Å²) in [6.45, 7) is 2.70. The Morgan fingerprint density at radius 2 is 1.95 bits per heavy atom. The van der Waals surface area contributed by atoms with Crippen molar-refractivity contribution in [1.29, 1.82) is 0 Å². The number of imidazole rings is 1. The minimum Gasteiger partial charge on any atom is -0.356 e. The average molecular weight is 267 g/mol. The summed E-state index contributed by atoms with van der Waals surface area (Å²) in [6, 6.07) is 0. The summed E-state index contributed by atoms with van der Waals surface area (Å²) in [7, 11) is 3.24. The first kappa shape index (κ1) is 15.2. The number of rotatable bonds is 7. The van der Waals surface area contributed by atoms with Crippen LogP contribution in [0, 0.1) is 0 Å². The van der Waals surface area contributed by atoms with Gasteiger partial charge in [0.25, 0.3) is 17.6 Å². The lowest BCUT2D eigenvalue weighted by molar-refractivity contribution is -0.691. The largest absolute Gasteiger partial charge is 0.356 e. The Morgan fingerprint density at radius 3 is 2.53 bits per heavy atom. The first-order chi connectivity index (χ1) is 9.12. The molecule has 0 aliphatic heterocycles. The zero-order valence-electron chi connectivity index (χ0n) is 11.9. The van der Waals surface area contributed by atoms with Gasteiger partial charge in [-0.25, -0.2) is 9.13 Å². The van der Waals surface area contributed by atoms with Crippen LogP contribution in [-0.2, 0) is 29.1 Å². The molecule has 2 N–H and O–H groups in total. The summed E-state index contributed by atoms with van der Waals surface area (Å²) in [4.78, 5) is 22.9. The van der Waals surface area contributed by atoms with Gasteiger partial charge in [0.15, 0.2) is 13.1 Å². The van der Waals surface area contributed by atoms with Crippen LogP contribution in [0.4, 0.5) is 0 Å². The predicted octanol–water partition coefficient (Wildman–Crippen LogP) is -0.390. The van der Waals surface area contributed by atoms with Gasteiger partial charge in [-0.1, -0.05) is 13.3 Å². The lowest BCUT2D eigenvalue weighted by atomic mass is 10.2. The Morgan fingerprint density at radius 1 is 1.26 bits per heavy atom. The summed E-state index contributed by atoms with van der Waals surface area (Å²) < 4.78 is 3.80. The summed E-state index contributed by atoms with van der Waals surface area (Å²) in [5.74, 6) is 0.926. The maximum atomic E-state index is 11.5. The zero-order chi connectivity index (χ0) is 14.3. The molecular weight excluding hydrogens is 244 g/mol. The highest BCUT2D eigenvalue weighted by Gasteiger charge is 2.20. The van der Waals surface area contributed by atoms with Gasteiger partial charge in [0.2, 0.25) is 0 Å². The highest BCUT2D eigenvalue weighted by Crippen LogP contribution is 2.02. The smallest absolute Gasteiger partial charge is 0.262 e. The van der Waals surface area contributed by atoms with E-state index in [1.165, 1.54) is 0 Å². The van der Waals surface area contributed by atoms with E-state index >= 15 is 0 Å². The second kappa shape index (κ2) is 7.56. The lowest BCUT2D eigenvalue weighted by Gasteiger charge is -2.04. The van der Waals surface area contributed by atoms with E-state index in [0.717, 1.165) is 25.1 Å². The Bertz CT molecular complexity index is 404. The molecule has 0 spiro atoms. The van der Waals surface area contributed by atoms with Crippen LogP contribution < -0.4 is 15.2 Å².